The van der Waals surface area contributed by atoms with Crippen LogP contribution in [0.15, 0.2) is 34.9 Å². The van der Waals surface area contributed by atoms with Gasteiger partial charge in [-0.2, -0.15) is 0 Å². The van der Waals surface area contributed by atoms with Crippen molar-refractivity contribution >= 4 is 16.9 Å². The van der Waals surface area contributed by atoms with Gasteiger partial charge in [-0.15, -0.1) is 0 Å². The maximum atomic E-state index is 10.7. The van der Waals surface area contributed by atoms with Gasteiger partial charge in [-0.05, 0) is 18.2 Å². The number of rotatable bonds is 2. The molecule has 90 valence electrons. The largest absolute Gasteiger partial charge is 0.508 e. The molecule has 0 aliphatic rings. The number of nitrogens with zero attached hydrogens (tertiary/aromatic N) is 1. The highest BCUT2D eigenvalue weighted by molar-refractivity contribution is 5.88. The first-order valence-corrected chi connectivity index (χ1v) is 5.15. The number of hydrogen-bond acceptors (Lipinski definition) is 4. The van der Waals surface area contributed by atoms with E-state index in [4.69, 9.17) is 9.63 Å². The smallest absolute Gasteiger partial charge is 0.358 e. The molecule has 1 aromatic carbocycles. The average molecular weight is 244 g/mol. The Kier molecular flexibility index (Phi) is 2.09. The van der Waals surface area contributed by atoms with Crippen molar-refractivity contribution in [2.24, 2.45) is 0 Å². The third-order valence-electron chi connectivity index (χ3n) is 2.60. The lowest BCUT2D eigenvalue weighted by atomic mass is 10.2. The van der Waals surface area contributed by atoms with Crippen LogP contribution in [0.1, 0.15) is 10.5 Å². The topological polar surface area (TPSA) is 99.3 Å². The second-order valence-electron chi connectivity index (χ2n) is 3.84. The number of carboxylic acid groups (broad SMARTS) is 1. The number of fused-ring (bicyclic) bond motifs is 1. The highest BCUT2D eigenvalue weighted by atomic mass is 16.5. The Morgan fingerprint density at radius 3 is 2.83 bits per heavy atom. The van der Waals surface area contributed by atoms with Crippen molar-refractivity contribution in [3.8, 4) is 17.2 Å². The van der Waals surface area contributed by atoms with Gasteiger partial charge in [0, 0.05) is 23.0 Å². The van der Waals surface area contributed by atoms with E-state index in [9.17, 15) is 9.90 Å². The Hall–Kier alpha value is -2.76. The summed E-state index contributed by atoms with van der Waals surface area (Å²) in [6, 6.07) is 8.03. The maximum Gasteiger partial charge on any atom is 0.358 e. The fourth-order valence-electron chi connectivity index (χ4n) is 1.75. The summed E-state index contributed by atoms with van der Waals surface area (Å²) < 4.78 is 4.95. The second kappa shape index (κ2) is 3.63. The summed E-state index contributed by atoms with van der Waals surface area (Å²) in [5, 5.41) is 22.4. The van der Waals surface area contributed by atoms with Crippen molar-refractivity contribution in [3.63, 3.8) is 0 Å². The summed E-state index contributed by atoms with van der Waals surface area (Å²) in [6.07, 6.45) is 0. The maximum absolute atomic E-state index is 10.7. The minimum Gasteiger partial charge on any atom is -0.508 e. The first kappa shape index (κ1) is 10.4. The highest BCUT2D eigenvalue weighted by Gasteiger charge is 2.13. The van der Waals surface area contributed by atoms with E-state index in [1.54, 1.807) is 24.3 Å². The van der Waals surface area contributed by atoms with E-state index in [-0.39, 0.29) is 11.4 Å². The third kappa shape index (κ3) is 1.60. The van der Waals surface area contributed by atoms with Gasteiger partial charge >= 0.3 is 5.97 Å². The molecule has 3 N–H and O–H groups in total. The summed E-state index contributed by atoms with van der Waals surface area (Å²) in [5.41, 5.74) is 1.19. The van der Waals surface area contributed by atoms with Crippen LogP contribution in [0, 0.1) is 0 Å². The molecule has 0 aliphatic carbocycles. The molecule has 0 spiro atoms. The van der Waals surface area contributed by atoms with E-state index in [0.717, 1.165) is 10.9 Å². The van der Waals surface area contributed by atoms with Gasteiger partial charge < -0.3 is 19.7 Å². The van der Waals surface area contributed by atoms with E-state index >= 15 is 0 Å². The van der Waals surface area contributed by atoms with Gasteiger partial charge in [-0.1, -0.05) is 5.16 Å². The van der Waals surface area contributed by atoms with Crippen LogP contribution >= 0.6 is 0 Å². The molecule has 3 aromatic rings. The summed E-state index contributed by atoms with van der Waals surface area (Å²) in [6.45, 7) is 0. The van der Waals surface area contributed by atoms with Crippen LogP contribution in [0.5, 0.6) is 5.75 Å². The molecule has 2 aromatic heterocycles. The molecule has 0 atom stereocenters. The lowest BCUT2D eigenvalue weighted by Gasteiger charge is -1.90. The van der Waals surface area contributed by atoms with Crippen molar-refractivity contribution in [1.82, 2.24) is 10.1 Å². The molecule has 0 saturated carbocycles. The minimum absolute atomic E-state index is 0.147. The minimum atomic E-state index is -1.14. The molecule has 6 nitrogen and oxygen atoms in total. The number of aromatic carboxylic acids is 1. The molecule has 0 fully saturated rings. The zero-order chi connectivity index (χ0) is 12.7. The van der Waals surface area contributed by atoms with Gasteiger partial charge in [0.2, 0.25) is 0 Å². The fraction of sp³-hybridized carbons (Fsp3) is 0. The molecule has 0 aliphatic heterocycles. The van der Waals surface area contributed by atoms with E-state index in [1.807, 2.05) is 0 Å². The normalized spacial score (nSPS) is 10.9. The fourth-order valence-corrected chi connectivity index (χ4v) is 1.75. The van der Waals surface area contributed by atoms with Crippen molar-refractivity contribution in [1.29, 1.82) is 0 Å². The van der Waals surface area contributed by atoms with Gasteiger partial charge in [0.1, 0.15) is 5.75 Å². The van der Waals surface area contributed by atoms with Crippen LogP contribution in [0.3, 0.4) is 0 Å². The summed E-state index contributed by atoms with van der Waals surface area (Å²) in [4.78, 5) is 13.7. The first-order valence-electron chi connectivity index (χ1n) is 5.15. The second-order valence-corrected chi connectivity index (χ2v) is 3.84. The van der Waals surface area contributed by atoms with Gasteiger partial charge in [0.25, 0.3) is 0 Å². The first-order chi connectivity index (χ1) is 8.63. The van der Waals surface area contributed by atoms with Crippen LogP contribution in [-0.4, -0.2) is 26.3 Å². The number of benzene rings is 1. The average Bonchev–Trinajstić information content (AvgIpc) is 2.93. The highest BCUT2D eigenvalue weighted by Crippen LogP contribution is 2.26. The number of aromatic nitrogens is 2. The lowest BCUT2D eigenvalue weighted by molar-refractivity contribution is 0.0686. The van der Waals surface area contributed by atoms with Crippen LogP contribution in [0.25, 0.3) is 22.4 Å². The van der Waals surface area contributed by atoms with Gasteiger partial charge in [-0.3, -0.25) is 0 Å². The van der Waals surface area contributed by atoms with E-state index < -0.39 is 5.97 Å². The van der Waals surface area contributed by atoms with Crippen LogP contribution in [-0.2, 0) is 0 Å². The molecule has 0 radical (unpaired) electrons. The number of phenols is 1. The van der Waals surface area contributed by atoms with Crippen LogP contribution in [0.4, 0.5) is 0 Å². The van der Waals surface area contributed by atoms with E-state index in [1.165, 1.54) is 6.07 Å². The van der Waals surface area contributed by atoms with Gasteiger partial charge in [0.05, 0.1) is 5.69 Å². The van der Waals surface area contributed by atoms with Crippen molar-refractivity contribution in [3.05, 3.63) is 36.0 Å². The molecule has 0 bridgehead atoms. The molecule has 0 unspecified atom stereocenters. The third-order valence-corrected chi connectivity index (χ3v) is 2.60. The number of phenolic OH excluding ortho intramolecular Hbond substituents is 1. The molecule has 18 heavy (non-hydrogen) atoms. The molecule has 2 heterocycles. The number of aromatic amines is 1. The number of carboxylic acids is 1. The monoisotopic (exact) mass is 244 g/mol. The number of aromatic hydroxyl groups is 1. The molecule has 0 amide bonds. The number of H-pyrrole nitrogens is 1. The molecule has 0 saturated heterocycles. The Bertz CT molecular complexity index is 741. The number of carbonyl (C=O) groups is 1. The predicted octanol–water partition coefficient (Wildman–Crippen LogP) is 2.23. The molecule has 6 heteroatoms. The SMILES string of the molecule is O=C(O)c1cc(-c2cc3ccc(O)cc3[nH]2)on1. The molecular formula is C12H8N2O4. The molecule has 3 rings (SSSR count). The number of hydrogen-bond donors (Lipinski definition) is 3. The number of nitrogens with one attached hydrogen (secondary N) is 1. The Balaban J connectivity index is 2.10. The Labute approximate surface area is 100 Å². The standard InChI is InChI=1S/C12H8N2O4/c15-7-2-1-6-3-9(13-8(6)4-7)11-5-10(12(16)17)14-18-11/h1-5,13,15H,(H,16,17). The zero-order valence-electron chi connectivity index (χ0n) is 9.04. The Morgan fingerprint density at radius 1 is 1.28 bits per heavy atom. The Morgan fingerprint density at radius 2 is 2.11 bits per heavy atom. The van der Waals surface area contributed by atoms with Crippen molar-refractivity contribution < 1.29 is 19.5 Å². The van der Waals surface area contributed by atoms with Crippen LogP contribution in [0.2, 0.25) is 0 Å². The van der Waals surface area contributed by atoms with Gasteiger partial charge in [-0.25, -0.2) is 4.79 Å². The summed E-state index contributed by atoms with van der Waals surface area (Å²) in [7, 11) is 0. The lowest BCUT2D eigenvalue weighted by Crippen LogP contribution is -1.94. The predicted molar refractivity (Wildman–Crippen MR) is 62.4 cm³/mol. The van der Waals surface area contributed by atoms with Crippen LogP contribution < -0.4 is 0 Å². The van der Waals surface area contributed by atoms with E-state index in [0.29, 0.717) is 11.5 Å². The van der Waals surface area contributed by atoms with Crippen molar-refractivity contribution in [2.45, 2.75) is 0 Å². The van der Waals surface area contributed by atoms with Gasteiger partial charge in [0.15, 0.2) is 11.5 Å². The summed E-state index contributed by atoms with van der Waals surface area (Å²) in [5.74, 6) is -0.651. The quantitative estimate of drug-likeness (QED) is 0.641. The summed E-state index contributed by atoms with van der Waals surface area (Å²) >= 11 is 0. The molecular weight excluding hydrogens is 236 g/mol. The zero-order valence-corrected chi connectivity index (χ0v) is 9.04. The van der Waals surface area contributed by atoms with E-state index in [2.05, 4.69) is 10.1 Å². The van der Waals surface area contributed by atoms with Crippen molar-refractivity contribution in [2.75, 3.05) is 0 Å².